The van der Waals surface area contributed by atoms with Gasteiger partial charge >= 0.3 is 5.97 Å². The van der Waals surface area contributed by atoms with Crippen LogP contribution in [0.15, 0.2) is 30.6 Å². The monoisotopic (exact) mass is 295 g/mol. The molecule has 0 saturated carbocycles. The normalized spacial score (nSPS) is 10.4. The summed E-state index contributed by atoms with van der Waals surface area (Å²) in [7, 11) is 0. The number of carboxylic acids is 1. The third-order valence-electron chi connectivity index (χ3n) is 2.65. The van der Waals surface area contributed by atoms with Gasteiger partial charge in [-0.3, -0.25) is 9.48 Å². The average Bonchev–Trinajstić information content (AvgIpc) is 2.90. The molecule has 0 spiro atoms. The van der Waals surface area contributed by atoms with Crippen LogP contribution in [0.1, 0.15) is 16.8 Å². The lowest BCUT2D eigenvalue weighted by molar-refractivity contribution is -0.116. The van der Waals surface area contributed by atoms with E-state index in [1.54, 1.807) is 0 Å². The summed E-state index contributed by atoms with van der Waals surface area (Å²) in [6.45, 7) is 0.121. The first-order valence-electron chi connectivity index (χ1n) is 5.96. The number of nitrogens with zero attached hydrogens (tertiary/aromatic N) is 2. The number of carboxylic acid groups (broad SMARTS) is 1. The zero-order chi connectivity index (χ0) is 15.4. The quantitative estimate of drug-likeness (QED) is 0.882. The zero-order valence-electron chi connectivity index (χ0n) is 10.7. The number of amides is 1. The minimum atomic E-state index is -1.12. The number of anilines is 1. The summed E-state index contributed by atoms with van der Waals surface area (Å²) in [5.41, 5.74) is -0.238. The molecule has 0 aliphatic rings. The van der Waals surface area contributed by atoms with Crippen LogP contribution in [0.5, 0.6) is 0 Å². The molecule has 110 valence electrons. The van der Waals surface area contributed by atoms with Crippen LogP contribution in [0.3, 0.4) is 0 Å². The van der Waals surface area contributed by atoms with Crippen molar-refractivity contribution in [3.63, 3.8) is 0 Å². The van der Waals surface area contributed by atoms with Gasteiger partial charge in [0.1, 0.15) is 11.6 Å². The predicted molar refractivity (Wildman–Crippen MR) is 68.8 cm³/mol. The van der Waals surface area contributed by atoms with Gasteiger partial charge in [-0.05, 0) is 12.1 Å². The van der Waals surface area contributed by atoms with Crippen LogP contribution in [0.4, 0.5) is 14.5 Å². The predicted octanol–water partition coefficient (Wildman–Crippen LogP) is 1.89. The number of carbonyl (C=O) groups excluding carboxylic acids is 1. The van der Waals surface area contributed by atoms with Crippen molar-refractivity contribution in [2.24, 2.45) is 0 Å². The highest BCUT2D eigenvalue weighted by Gasteiger charge is 2.10. The number of rotatable bonds is 5. The van der Waals surface area contributed by atoms with Crippen molar-refractivity contribution in [3.05, 3.63) is 47.8 Å². The van der Waals surface area contributed by atoms with E-state index in [0.717, 1.165) is 24.4 Å². The van der Waals surface area contributed by atoms with E-state index in [4.69, 9.17) is 5.11 Å². The molecule has 0 fully saturated rings. The Morgan fingerprint density at radius 3 is 2.76 bits per heavy atom. The van der Waals surface area contributed by atoms with Crippen molar-refractivity contribution >= 4 is 17.6 Å². The van der Waals surface area contributed by atoms with Crippen molar-refractivity contribution in [2.45, 2.75) is 13.0 Å². The van der Waals surface area contributed by atoms with Gasteiger partial charge in [-0.1, -0.05) is 0 Å². The summed E-state index contributed by atoms with van der Waals surface area (Å²) in [6.07, 6.45) is 2.38. The Balaban J connectivity index is 1.92. The van der Waals surface area contributed by atoms with Gasteiger partial charge in [-0.15, -0.1) is 0 Å². The first-order chi connectivity index (χ1) is 9.95. The molecular formula is C13H11F2N3O3. The third kappa shape index (κ3) is 3.85. The molecule has 0 unspecified atom stereocenters. The highest BCUT2D eigenvalue weighted by molar-refractivity contribution is 5.90. The molecule has 1 aromatic carbocycles. The minimum absolute atomic E-state index is 0.00610. The Hall–Kier alpha value is -2.77. The number of halogens is 2. The Morgan fingerprint density at radius 1 is 1.33 bits per heavy atom. The smallest absolute Gasteiger partial charge is 0.338 e. The molecule has 0 bridgehead atoms. The van der Waals surface area contributed by atoms with Gasteiger partial charge in [-0.2, -0.15) is 5.10 Å². The van der Waals surface area contributed by atoms with Crippen LogP contribution in [0, 0.1) is 11.6 Å². The van der Waals surface area contributed by atoms with Gasteiger partial charge in [0.25, 0.3) is 0 Å². The highest BCUT2D eigenvalue weighted by Crippen LogP contribution is 2.15. The number of carbonyl (C=O) groups is 2. The third-order valence-corrected chi connectivity index (χ3v) is 2.65. The number of aromatic carboxylic acids is 1. The Labute approximate surface area is 118 Å². The van der Waals surface area contributed by atoms with Crippen molar-refractivity contribution in [1.82, 2.24) is 9.78 Å². The van der Waals surface area contributed by atoms with E-state index in [1.165, 1.54) is 10.9 Å². The van der Waals surface area contributed by atoms with Crippen LogP contribution >= 0.6 is 0 Å². The summed E-state index contributed by atoms with van der Waals surface area (Å²) in [5.74, 6) is -3.05. The highest BCUT2D eigenvalue weighted by atomic mass is 19.1. The largest absolute Gasteiger partial charge is 0.478 e. The lowest BCUT2D eigenvalue weighted by Crippen LogP contribution is -2.15. The standard InChI is InChI=1S/C13H11F2N3O3/c14-9-1-2-10(15)11(5-9)17-12(19)3-4-18-7-8(6-16-18)13(20)21/h1-2,5-7H,3-4H2,(H,17,19)(H,20,21). The first kappa shape index (κ1) is 14.6. The van der Waals surface area contributed by atoms with Gasteiger partial charge in [0.05, 0.1) is 17.4 Å². The SMILES string of the molecule is O=C(CCn1cc(C(=O)O)cn1)Nc1cc(F)ccc1F. The van der Waals surface area contributed by atoms with Crippen molar-refractivity contribution in [1.29, 1.82) is 0 Å². The summed E-state index contributed by atoms with van der Waals surface area (Å²) in [6, 6.07) is 2.74. The topological polar surface area (TPSA) is 84.2 Å². The van der Waals surface area contributed by atoms with Crippen molar-refractivity contribution < 1.29 is 23.5 Å². The molecule has 2 rings (SSSR count). The summed E-state index contributed by atoms with van der Waals surface area (Å²) >= 11 is 0. The van der Waals surface area contributed by atoms with Crippen LogP contribution in [-0.4, -0.2) is 26.8 Å². The molecule has 6 nitrogen and oxygen atoms in total. The fourth-order valence-corrected chi connectivity index (χ4v) is 1.62. The van der Waals surface area contributed by atoms with Gasteiger partial charge in [-0.25, -0.2) is 13.6 Å². The molecule has 8 heteroatoms. The van der Waals surface area contributed by atoms with E-state index < -0.39 is 23.5 Å². The number of nitrogens with one attached hydrogen (secondary N) is 1. The van der Waals surface area contributed by atoms with Gasteiger partial charge < -0.3 is 10.4 Å². The van der Waals surface area contributed by atoms with E-state index in [0.29, 0.717) is 0 Å². The number of aromatic nitrogens is 2. The molecule has 2 aromatic rings. The van der Waals surface area contributed by atoms with Crippen molar-refractivity contribution in [3.8, 4) is 0 Å². The summed E-state index contributed by atoms with van der Waals surface area (Å²) < 4.78 is 27.5. The molecule has 1 amide bonds. The van der Waals surface area contributed by atoms with Crippen LogP contribution < -0.4 is 5.32 Å². The molecule has 21 heavy (non-hydrogen) atoms. The van der Waals surface area contributed by atoms with E-state index in [9.17, 15) is 18.4 Å². The molecule has 0 aliphatic carbocycles. The number of hydrogen-bond donors (Lipinski definition) is 2. The molecule has 2 N–H and O–H groups in total. The van der Waals surface area contributed by atoms with E-state index in [-0.39, 0.29) is 24.2 Å². The number of benzene rings is 1. The second kappa shape index (κ2) is 6.12. The van der Waals surface area contributed by atoms with E-state index in [1.807, 2.05) is 0 Å². The molecule has 0 aliphatic heterocycles. The van der Waals surface area contributed by atoms with Crippen LogP contribution in [0.25, 0.3) is 0 Å². The Bertz CT molecular complexity index is 685. The molecule has 1 heterocycles. The minimum Gasteiger partial charge on any atom is -0.478 e. The van der Waals surface area contributed by atoms with Gasteiger partial charge in [0.15, 0.2) is 0 Å². The second-order valence-electron chi connectivity index (χ2n) is 4.22. The van der Waals surface area contributed by atoms with E-state index in [2.05, 4.69) is 10.4 Å². The molecule has 0 radical (unpaired) electrons. The fourth-order valence-electron chi connectivity index (χ4n) is 1.62. The fraction of sp³-hybridized carbons (Fsp3) is 0.154. The number of aryl methyl sites for hydroxylation is 1. The van der Waals surface area contributed by atoms with Crippen molar-refractivity contribution in [2.75, 3.05) is 5.32 Å². The zero-order valence-corrected chi connectivity index (χ0v) is 10.7. The second-order valence-corrected chi connectivity index (χ2v) is 4.22. The Kier molecular flexibility index (Phi) is 4.27. The van der Waals surface area contributed by atoms with Gasteiger partial charge in [0, 0.05) is 25.2 Å². The lowest BCUT2D eigenvalue weighted by atomic mass is 10.3. The van der Waals surface area contributed by atoms with Gasteiger partial charge in [0.2, 0.25) is 5.91 Å². The summed E-state index contributed by atoms with van der Waals surface area (Å²) in [5, 5.41) is 14.7. The summed E-state index contributed by atoms with van der Waals surface area (Å²) in [4.78, 5) is 22.3. The Morgan fingerprint density at radius 2 is 2.10 bits per heavy atom. The van der Waals surface area contributed by atoms with E-state index >= 15 is 0 Å². The maximum atomic E-state index is 13.3. The lowest BCUT2D eigenvalue weighted by Gasteiger charge is -2.06. The first-order valence-corrected chi connectivity index (χ1v) is 5.96. The maximum Gasteiger partial charge on any atom is 0.338 e. The molecule has 0 saturated heterocycles. The molecule has 0 atom stereocenters. The average molecular weight is 295 g/mol. The molecule has 1 aromatic heterocycles. The van der Waals surface area contributed by atoms with Crippen LogP contribution in [-0.2, 0) is 11.3 Å². The molecular weight excluding hydrogens is 284 g/mol. The van der Waals surface area contributed by atoms with Crippen LogP contribution in [0.2, 0.25) is 0 Å². The number of hydrogen-bond acceptors (Lipinski definition) is 3. The maximum absolute atomic E-state index is 13.3.